The molecular weight excluding hydrogens is 210 g/mol. The molecule has 1 rings (SSSR count). The monoisotopic (exact) mass is 219 g/mol. The minimum absolute atomic E-state index is 0. The highest BCUT2D eigenvalue weighted by atomic mass is 35.5. The van der Waals surface area contributed by atoms with Crippen molar-refractivity contribution in [1.82, 2.24) is 0 Å². The lowest BCUT2D eigenvalue weighted by atomic mass is 10.1. The van der Waals surface area contributed by atoms with Crippen LogP contribution in [0.4, 0.5) is 0 Å². The van der Waals surface area contributed by atoms with Crippen LogP contribution >= 0.6 is 12.4 Å². The lowest BCUT2D eigenvalue weighted by Crippen LogP contribution is -2.34. The Kier molecular flexibility index (Phi) is 4.39. The molecular formula is C7H10ClN3O3. The quantitative estimate of drug-likeness (QED) is 0.609. The Balaban J connectivity index is 0.00000169. The third-order valence-corrected chi connectivity index (χ3v) is 1.52. The van der Waals surface area contributed by atoms with Crippen molar-refractivity contribution >= 4 is 36.3 Å². The topological polar surface area (TPSA) is 105 Å². The number of halogens is 1. The summed E-state index contributed by atoms with van der Waals surface area (Å²) in [6, 6.07) is -0.463. The number of aliphatic carboxylic acids is 1. The molecule has 7 heteroatoms. The van der Waals surface area contributed by atoms with Gasteiger partial charge in [-0.3, -0.25) is 9.59 Å². The molecule has 14 heavy (non-hydrogen) atoms. The fourth-order valence-corrected chi connectivity index (χ4v) is 0.815. The van der Waals surface area contributed by atoms with E-state index in [2.05, 4.69) is 9.98 Å². The van der Waals surface area contributed by atoms with Crippen LogP contribution in [0.5, 0.6) is 0 Å². The zero-order valence-electron chi connectivity index (χ0n) is 7.38. The largest absolute Gasteiger partial charge is 0.480 e. The number of carbonyl (C=O) groups is 2. The number of carboxylic acid groups (broad SMARTS) is 1. The second-order valence-electron chi connectivity index (χ2n) is 2.69. The van der Waals surface area contributed by atoms with Crippen LogP contribution in [0.15, 0.2) is 9.98 Å². The molecule has 0 saturated carbocycles. The Bertz CT molecular complexity index is 311. The van der Waals surface area contributed by atoms with E-state index in [9.17, 15) is 9.59 Å². The molecule has 0 spiro atoms. The van der Waals surface area contributed by atoms with Crippen molar-refractivity contribution < 1.29 is 14.7 Å². The molecule has 3 N–H and O–H groups in total. The van der Waals surface area contributed by atoms with Gasteiger partial charge in [0.2, 0.25) is 0 Å². The number of carboxylic acids is 1. The van der Waals surface area contributed by atoms with Crippen molar-refractivity contribution in [3.05, 3.63) is 0 Å². The molecule has 0 fully saturated rings. The van der Waals surface area contributed by atoms with E-state index in [1.165, 1.54) is 0 Å². The summed E-state index contributed by atoms with van der Waals surface area (Å²) in [4.78, 5) is 28.6. The molecule has 1 heterocycles. The van der Waals surface area contributed by atoms with Gasteiger partial charge < -0.3 is 10.8 Å². The smallest absolute Gasteiger partial charge is 0.321 e. The molecule has 2 unspecified atom stereocenters. The summed E-state index contributed by atoms with van der Waals surface area (Å²) < 4.78 is 0. The van der Waals surface area contributed by atoms with Crippen LogP contribution in [-0.4, -0.2) is 35.1 Å². The fourth-order valence-electron chi connectivity index (χ4n) is 0.815. The second-order valence-corrected chi connectivity index (χ2v) is 2.69. The van der Waals surface area contributed by atoms with Gasteiger partial charge in [-0.2, -0.15) is 4.99 Å². The number of hydrogen-bond donors (Lipinski definition) is 2. The maximum absolute atomic E-state index is 11.0. The molecule has 1 aliphatic heterocycles. The van der Waals surface area contributed by atoms with Gasteiger partial charge in [0.05, 0.1) is 6.04 Å². The minimum atomic E-state index is -1.26. The number of carbonyl (C=O) groups excluding carboxylic acids is 1. The van der Waals surface area contributed by atoms with Gasteiger partial charge in [0.1, 0.15) is 5.84 Å². The van der Waals surface area contributed by atoms with Crippen LogP contribution in [0.3, 0.4) is 0 Å². The van der Waals surface area contributed by atoms with Crippen LogP contribution in [0.25, 0.3) is 0 Å². The summed E-state index contributed by atoms with van der Waals surface area (Å²) in [6.07, 6.45) is 1.05. The summed E-state index contributed by atoms with van der Waals surface area (Å²) in [5.41, 5.74) is 5.41. The Morgan fingerprint density at radius 1 is 1.71 bits per heavy atom. The first kappa shape index (κ1) is 12.7. The molecule has 0 aliphatic carbocycles. The van der Waals surface area contributed by atoms with Gasteiger partial charge in [-0.05, 0) is 6.92 Å². The summed E-state index contributed by atoms with van der Waals surface area (Å²) in [5, 5.41) is 8.52. The van der Waals surface area contributed by atoms with E-state index in [-0.39, 0.29) is 18.2 Å². The van der Waals surface area contributed by atoms with Crippen molar-refractivity contribution in [2.75, 3.05) is 0 Å². The summed E-state index contributed by atoms with van der Waals surface area (Å²) in [5.74, 6) is -3.07. The summed E-state index contributed by atoms with van der Waals surface area (Å²) in [7, 11) is 0. The van der Waals surface area contributed by atoms with Crippen LogP contribution in [0.2, 0.25) is 0 Å². The van der Waals surface area contributed by atoms with Crippen molar-refractivity contribution in [2.45, 2.75) is 13.0 Å². The van der Waals surface area contributed by atoms with E-state index in [4.69, 9.17) is 10.8 Å². The predicted molar refractivity (Wildman–Crippen MR) is 53.0 cm³/mol. The third kappa shape index (κ3) is 2.61. The van der Waals surface area contributed by atoms with Gasteiger partial charge in [0.15, 0.2) is 5.92 Å². The third-order valence-electron chi connectivity index (χ3n) is 1.52. The molecule has 0 aromatic carbocycles. The lowest BCUT2D eigenvalue weighted by Gasteiger charge is -2.11. The van der Waals surface area contributed by atoms with Crippen LogP contribution in [0, 0.1) is 5.92 Å². The Morgan fingerprint density at radius 3 is 2.64 bits per heavy atom. The lowest BCUT2D eigenvalue weighted by molar-refractivity contribution is -0.142. The van der Waals surface area contributed by atoms with Gasteiger partial charge in [-0.25, -0.2) is 4.99 Å². The van der Waals surface area contributed by atoms with Crippen LogP contribution in [0.1, 0.15) is 6.92 Å². The van der Waals surface area contributed by atoms with Crippen molar-refractivity contribution in [3.63, 3.8) is 0 Å². The first-order valence-corrected chi connectivity index (χ1v) is 3.67. The van der Waals surface area contributed by atoms with E-state index in [0.29, 0.717) is 0 Å². The molecule has 2 atom stereocenters. The molecule has 78 valence electrons. The van der Waals surface area contributed by atoms with Gasteiger partial charge in [0.25, 0.3) is 5.91 Å². The molecule has 0 aromatic rings. The first-order valence-electron chi connectivity index (χ1n) is 3.67. The average molecular weight is 220 g/mol. The van der Waals surface area contributed by atoms with E-state index < -0.39 is 23.8 Å². The Labute approximate surface area is 86.3 Å². The number of nitrogens with two attached hydrogens (primary N) is 1. The highest BCUT2D eigenvalue weighted by molar-refractivity contribution is 6.19. The van der Waals surface area contributed by atoms with E-state index in [1.807, 2.05) is 0 Å². The fraction of sp³-hybridized carbons (Fsp3) is 0.429. The molecule has 1 amide bonds. The molecule has 6 nitrogen and oxygen atoms in total. The van der Waals surface area contributed by atoms with Crippen molar-refractivity contribution in [1.29, 1.82) is 0 Å². The number of amidine groups is 1. The number of hydrogen-bond acceptors (Lipinski definition) is 4. The highest BCUT2D eigenvalue weighted by Crippen LogP contribution is 2.05. The van der Waals surface area contributed by atoms with Crippen LogP contribution < -0.4 is 5.73 Å². The summed E-state index contributed by atoms with van der Waals surface area (Å²) in [6.45, 7) is 1.62. The molecule has 0 radical (unpaired) electrons. The van der Waals surface area contributed by atoms with Gasteiger partial charge in [0, 0.05) is 6.21 Å². The maximum Gasteiger partial charge on any atom is 0.321 e. The predicted octanol–water partition coefficient (Wildman–Crippen LogP) is -0.534. The normalized spacial score (nSPS) is 22.3. The molecule has 1 aliphatic rings. The number of nitrogens with zero attached hydrogens (tertiary/aromatic N) is 2. The Morgan fingerprint density at radius 2 is 2.29 bits per heavy atom. The second kappa shape index (κ2) is 4.83. The Hall–Kier alpha value is -1.27. The number of amides is 1. The van der Waals surface area contributed by atoms with E-state index >= 15 is 0 Å². The zero-order valence-corrected chi connectivity index (χ0v) is 8.19. The summed E-state index contributed by atoms with van der Waals surface area (Å²) >= 11 is 0. The van der Waals surface area contributed by atoms with Gasteiger partial charge >= 0.3 is 5.97 Å². The SMILES string of the molecule is CC(N)C1=NC(=O)C(C(=O)O)C=N1.Cl. The zero-order chi connectivity index (χ0) is 10.0. The average Bonchev–Trinajstić information content (AvgIpc) is 2.03. The van der Waals surface area contributed by atoms with Gasteiger partial charge in [-0.1, -0.05) is 0 Å². The molecule has 0 saturated heterocycles. The number of rotatable bonds is 2. The highest BCUT2D eigenvalue weighted by Gasteiger charge is 2.27. The van der Waals surface area contributed by atoms with Crippen LogP contribution in [-0.2, 0) is 9.59 Å². The number of aliphatic imine (C=N–C) groups is 2. The molecule has 0 bridgehead atoms. The van der Waals surface area contributed by atoms with Crippen molar-refractivity contribution in [2.24, 2.45) is 21.6 Å². The van der Waals surface area contributed by atoms with Gasteiger partial charge in [-0.15, -0.1) is 12.4 Å². The standard InChI is InChI=1S/C7H9N3O3.ClH/c1-3(8)5-9-2-4(7(12)13)6(11)10-5;/h2-4H,8H2,1H3,(H,12,13);1H. The maximum atomic E-state index is 11.0. The first-order chi connectivity index (χ1) is 6.02. The van der Waals surface area contributed by atoms with E-state index in [1.54, 1.807) is 6.92 Å². The van der Waals surface area contributed by atoms with Crippen molar-refractivity contribution in [3.8, 4) is 0 Å². The molecule has 0 aromatic heterocycles. The van der Waals surface area contributed by atoms with E-state index in [0.717, 1.165) is 6.21 Å². The minimum Gasteiger partial charge on any atom is -0.480 e.